The molecule has 0 amide bonds. The molecule has 0 saturated heterocycles. The topological polar surface area (TPSA) is 90.3 Å². The molecule has 0 saturated carbocycles. The number of imidazole rings is 1. The van der Waals surface area contributed by atoms with Crippen LogP contribution >= 0.6 is 11.3 Å². The zero-order chi connectivity index (χ0) is 15.4. The number of nitrogens with one attached hydrogen (secondary N) is 1. The van der Waals surface area contributed by atoms with Crippen molar-refractivity contribution < 1.29 is 0 Å². The van der Waals surface area contributed by atoms with E-state index in [1.165, 1.54) is 17.7 Å². The standard InChI is InChI=1S/C15H10N6S/c16-6-13-14(7-17)21(10-18-13)8-12-9-22-15(20-12)19-11-4-2-1-3-5-11/h1-5,9-10H,8H2,(H,19,20). The van der Waals surface area contributed by atoms with E-state index in [1.807, 2.05) is 47.9 Å². The smallest absolute Gasteiger partial charge is 0.187 e. The van der Waals surface area contributed by atoms with Crippen molar-refractivity contribution in [2.75, 3.05) is 5.32 Å². The molecule has 0 spiro atoms. The molecule has 1 aromatic carbocycles. The maximum absolute atomic E-state index is 9.11. The summed E-state index contributed by atoms with van der Waals surface area (Å²) in [6.07, 6.45) is 1.49. The fraction of sp³-hybridized carbons (Fsp3) is 0.0667. The van der Waals surface area contributed by atoms with Crippen LogP contribution < -0.4 is 5.32 Å². The Hall–Kier alpha value is -3.16. The summed E-state index contributed by atoms with van der Waals surface area (Å²) in [4.78, 5) is 8.39. The van der Waals surface area contributed by atoms with E-state index >= 15 is 0 Å². The Bertz CT molecular complexity index is 866. The Balaban J connectivity index is 1.77. The molecule has 3 aromatic rings. The first kappa shape index (κ1) is 13.8. The predicted molar refractivity (Wildman–Crippen MR) is 82.6 cm³/mol. The summed E-state index contributed by atoms with van der Waals surface area (Å²) in [5.41, 5.74) is 2.17. The molecule has 0 aliphatic rings. The maximum atomic E-state index is 9.11. The van der Waals surface area contributed by atoms with Gasteiger partial charge < -0.3 is 9.88 Å². The van der Waals surface area contributed by atoms with E-state index in [4.69, 9.17) is 10.5 Å². The van der Waals surface area contributed by atoms with Gasteiger partial charge >= 0.3 is 0 Å². The Kier molecular flexibility index (Phi) is 3.82. The number of hydrogen-bond acceptors (Lipinski definition) is 6. The van der Waals surface area contributed by atoms with E-state index in [0.717, 1.165) is 16.5 Å². The van der Waals surface area contributed by atoms with E-state index in [9.17, 15) is 0 Å². The van der Waals surface area contributed by atoms with E-state index in [-0.39, 0.29) is 11.4 Å². The quantitative estimate of drug-likeness (QED) is 0.800. The highest BCUT2D eigenvalue weighted by molar-refractivity contribution is 7.13. The van der Waals surface area contributed by atoms with Crippen LogP contribution in [-0.4, -0.2) is 14.5 Å². The Morgan fingerprint density at radius 2 is 2.00 bits per heavy atom. The second kappa shape index (κ2) is 6.08. The summed E-state index contributed by atoms with van der Waals surface area (Å²) in [6.45, 7) is 0.407. The molecule has 0 unspecified atom stereocenters. The van der Waals surface area contributed by atoms with Crippen molar-refractivity contribution in [1.29, 1.82) is 10.5 Å². The molecule has 22 heavy (non-hydrogen) atoms. The Morgan fingerprint density at radius 3 is 2.73 bits per heavy atom. The minimum absolute atomic E-state index is 0.139. The lowest BCUT2D eigenvalue weighted by molar-refractivity contribution is 0.769. The minimum atomic E-state index is 0.139. The van der Waals surface area contributed by atoms with Gasteiger partial charge in [-0.1, -0.05) is 18.2 Å². The second-order valence-electron chi connectivity index (χ2n) is 4.43. The molecular formula is C15H10N6S. The van der Waals surface area contributed by atoms with Gasteiger partial charge in [0.25, 0.3) is 0 Å². The van der Waals surface area contributed by atoms with Crippen LogP contribution in [-0.2, 0) is 6.54 Å². The Labute approximate surface area is 130 Å². The third kappa shape index (κ3) is 2.80. The number of thiazole rings is 1. The van der Waals surface area contributed by atoms with Crippen LogP contribution in [0.25, 0.3) is 0 Å². The van der Waals surface area contributed by atoms with Crippen molar-refractivity contribution in [1.82, 2.24) is 14.5 Å². The van der Waals surface area contributed by atoms with Crippen LogP contribution in [0.3, 0.4) is 0 Å². The molecular weight excluding hydrogens is 296 g/mol. The number of rotatable bonds is 4. The number of nitrogens with zero attached hydrogens (tertiary/aromatic N) is 5. The van der Waals surface area contributed by atoms with Gasteiger partial charge in [0.2, 0.25) is 0 Å². The molecule has 2 aromatic heterocycles. The molecule has 6 nitrogen and oxygen atoms in total. The van der Waals surface area contributed by atoms with E-state index < -0.39 is 0 Å². The van der Waals surface area contributed by atoms with Crippen LogP contribution in [0, 0.1) is 22.7 Å². The number of anilines is 2. The van der Waals surface area contributed by atoms with Crippen LogP contribution in [0.15, 0.2) is 42.0 Å². The van der Waals surface area contributed by atoms with Crippen molar-refractivity contribution >= 4 is 22.2 Å². The zero-order valence-electron chi connectivity index (χ0n) is 11.4. The number of para-hydroxylation sites is 1. The van der Waals surface area contributed by atoms with Gasteiger partial charge in [-0.05, 0) is 12.1 Å². The van der Waals surface area contributed by atoms with Gasteiger partial charge in [0.1, 0.15) is 12.1 Å². The third-order valence-electron chi connectivity index (χ3n) is 2.96. The highest BCUT2D eigenvalue weighted by Gasteiger charge is 2.11. The van der Waals surface area contributed by atoms with Gasteiger partial charge in [-0.25, -0.2) is 9.97 Å². The van der Waals surface area contributed by atoms with Gasteiger partial charge in [0.05, 0.1) is 18.6 Å². The molecule has 0 radical (unpaired) electrons. The molecule has 0 bridgehead atoms. The molecule has 0 fully saturated rings. The molecule has 3 rings (SSSR count). The maximum Gasteiger partial charge on any atom is 0.187 e. The lowest BCUT2D eigenvalue weighted by Crippen LogP contribution is -2.02. The molecule has 1 N–H and O–H groups in total. The van der Waals surface area contributed by atoms with Gasteiger partial charge in [0, 0.05) is 11.1 Å². The van der Waals surface area contributed by atoms with Crippen molar-refractivity contribution in [2.45, 2.75) is 6.54 Å². The number of hydrogen-bond donors (Lipinski definition) is 1. The van der Waals surface area contributed by atoms with Crippen LogP contribution in [0.5, 0.6) is 0 Å². The molecule has 106 valence electrons. The fourth-order valence-corrected chi connectivity index (χ4v) is 2.68. The lowest BCUT2D eigenvalue weighted by Gasteiger charge is -2.02. The summed E-state index contributed by atoms with van der Waals surface area (Å²) in [6, 6.07) is 13.7. The average molecular weight is 306 g/mol. The molecule has 7 heteroatoms. The van der Waals surface area contributed by atoms with Crippen molar-refractivity contribution in [3.8, 4) is 12.1 Å². The van der Waals surface area contributed by atoms with Crippen LogP contribution in [0.4, 0.5) is 10.8 Å². The minimum Gasteiger partial charge on any atom is -0.332 e. The SMILES string of the molecule is N#Cc1ncn(Cc2csc(Nc3ccccc3)n2)c1C#N. The van der Waals surface area contributed by atoms with Crippen LogP contribution in [0.1, 0.15) is 17.1 Å². The summed E-state index contributed by atoms with van der Waals surface area (Å²) < 4.78 is 1.62. The van der Waals surface area contributed by atoms with Crippen molar-refractivity contribution in [3.63, 3.8) is 0 Å². The summed E-state index contributed by atoms with van der Waals surface area (Å²) in [5.74, 6) is 0. The molecule has 2 heterocycles. The highest BCUT2D eigenvalue weighted by Crippen LogP contribution is 2.21. The first-order valence-corrected chi connectivity index (χ1v) is 7.30. The summed E-state index contributed by atoms with van der Waals surface area (Å²) >= 11 is 1.49. The largest absolute Gasteiger partial charge is 0.332 e. The normalized spacial score (nSPS) is 9.91. The second-order valence-corrected chi connectivity index (χ2v) is 5.29. The average Bonchev–Trinajstić information content (AvgIpc) is 3.15. The number of nitriles is 2. The molecule has 0 aliphatic heterocycles. The summed E-state index contributed by atoms with van der Waals surface area (Å²) in [5, 5.41) is 23.9. The van der Waals surface area contributed by atoms with E-state index in [0.29, 0.717) is 6.54 Å². The highest BCUT2D eigenvalue weighted by atomic mass is 32.1. The van der Waals surface area contributed by atoms with Crippen LogP contribution in [0.2, 0.25) is 0 Å². The predicted octanol–water partition coefficient (Wildman–Crippen LogP) is 2.87. The Morgan fingerprint density at radius 1 is 1.18 bits per heavy atom. The van der Waals surface area contributed by atoms with Crippen molar-refractivity contribution in [2.24, 2.45) is 0 Å². The first-order valence-electron chi connectivity index (χ1n) is 6.42. The molecule has 0 atom stereocenters. The summed E-state index contributed by atoms with van der Waals surface area (Å²) in [7, 11) is 0. The number of aromatic nitrogens is 3. The third-order valence-corrected chi connectivity index (χ3v) is 3.77. The van der Waals surface area contributed by atoms with E-state index in [2.05, 4.69) is 15.3 Å². The van der Waals surface area contributed by atoms with Gasteiger partial charge in [-0.2, -0.15) is 10.5 Å². The van der Waals surface area contributed by atoms with Gasteiger partial charge in [0.15, 0.2) is 16.5 Å². The first-order chi connectivity index (χ1) is 10.8. The van der Waals surface area contributed by atoms with Gasteiger partial charge in [-0.15, -0.1) is 11.3 Å². The number of benzene rings is 1. The zero-order valence-corrected chi connectivity index (χ0v) is 12.2. The van der Waals surface area contributed by atoms with E-state index in [1.54, 1.807) is 4.57 Å². The lowest BCUT2D eigenvalue weighted by atomic mass is 10.3. The van der Waals surface area contributed by atoms with Crippen molar-refractivity contribution in [3.05, 3.63) is 59.1 Å². The monoisotopic (exact) mass is 306 g/mol. The van der Waals surface area contributed by atoms with Gasteiger partial charge in [-0.3, -0.25) is 0 Å². The fourth-order valence-electron chi connectivity index (χ4n) is 1.96. The molecule has 0 aliphatic carbocycles.